The number of imidazole rings is 1. The molecule has 0 amide bonds. The monoisotopic (exact) mass is 244 g/mol. The van der Waals surface area contributed by atoms with Crippen molar-refractivity contribution in [2.45, 2.75) is 24.4 Å². The number of nitrogens with one attached hydrogen (secondary N) is 2. The number of aromatic nitrogens is 2. The van der Waals surface area contributed by atoms with Gasteiger partial charge in [0, 0.05) is 25.8 Å². The predicted octanol–water partition coefficient (Wildman–Crippen LogP) is -0.631. The number of nitrogens with zero attached hydrogens (tertiary/aromatic N) is 2. The number of rotatable bonds is 3. The zero-order valence-electron chi connectivity index (χ0n) is 9.40. The fourth-order valence-electron chi connectivity index (χ4n) is 1.69. The summed E-state index contributed by atoms with van der Waals surface area (Å²) < 4.78 is 28.2. The molecular weight excluding hydrogens is 228 g/mol. The molecule has 0 spiro atoms. The molecule has 0 aromatic carbocycles. The lowest BCUT2D eigenvalue weighted by Gasteiger charge is -2.09. The summed E-state index contributed by atoms with van der Waals surface area (Å²) in [7, 11) is -1.69. The SMILES string of the molecule is Cc1nc(S(=O)(=O)NC2CCNC2)cn1C. The van der Waals surface area contributed by atoms with Crippen molar-refractivity contribution < 1.29 is 8.42 Å². The molecule has 1 atom stereocenters. The van der Waals surface area contributed by atoms with Crippen LogP contribution in [0.1, 0.15) is 12.2 Å². The van der Waals surface area contributed by atoms with E-state index in [0.717, 1.165) is 13.0 Å². The van der Waals surface area contributed by atoms with Gasteiger partial charge in [-0.3, -0.25) is 0 Å². The van der Waals surface area contributed by atoms with E-state index in [9.17, 15) is 8.42 Å². The summed E-state index contributed by atoms with van der Waals surface area (Å²) in [6.45, 7) is 3.32. The summed E-state index contributed by atoms with van der Waals surface area (Å²) in [6, 6.07) is -0.0210. The first-order chi connectivity index (χ1) is 7.49. The smallest absolute Gasteiger partial charge is 0.259 e. The average molecular weight is 244 g/mol. The average Bonchev–Trinajstić information content (AvgIpc) is 2.78. The minimum Gasteiger partial charge on any atom is -0.337 e. The summed E-state index contributed by atoms with van der Waals surface area (Å²) in [5, 5.41) is 3.21. The highest BCUT2D eigenvalue weighted by Crippen LogP contribution is 2.09. The van der Waals surface area contributed by atoms with Crippen LogP contribution in [0.3, 0.4) is 0 Å². The number of hydrogen-bond acceptors (Lipinski definition) is 4. The van der Waals surface area contributed by atoms with Gasteiger partial charge in [-0.1, -0.05) is 0 Å². The third-order valence-electron chi connectivity index (χ3n) is 2.74. The lowest BCUT2D eigenvalue weighted by Crippen LogP contribution is -2.36. The molecule has 0 saturated carbocycles. The molecule has 0 bridgehead atoms. The molecule has 7 heteroatoms. The molecule has 1 fully saturated rings. The Bertz CT molecular complexity index is 454. The number of aryl methyl sites for hydroxylation is 2. The molecule has 1 aliphatic rings. The Morgan fingerprint density at radius 3 is 2.88 bits per heavy atom. The standard InChI is InChI=1S/C9H16N4O2S/c1-7-11-9(6-13(7)2)16(14,15)12-8-3-4-10-5-8/h6,8,10,12H,3-5H2,1-2H3. The van der Waals surface area contributed by atoms with E-state index in [1.165, 1.54) is 6.20 Å². The summed E-state index contributed by atoms with van der Waals surface area (Å²) >= 11 is 0. The highest BCUT2D eigenvalue weighted by atomic mass is 32.2. The van der Waals surface area contributed by atoms with Gasteiger partial charge in [-0.2, -0.15) is 0 Å². The van der Waals surface area contributed by atoms with Gasteiger partial charge in [0.05, 0.1) is 0 Å². The Labute approximate surface area is 95.1 Å². The van der Waals surface area contributed by atoms with Crippen LogP contribution >= 0.6 is 0 Å². The second-order valence-electron chi connectivity index (χ2n) is 4.05. The van der Waals surface area contributed by atoms with Gasteiger partial charge in [-0.25, -0.2) is 18.1 Å². The molecule has 6 nitrogen and oxygen atoms in total. The zero-order chi connectivity index (χ0) is 11.8. The normalized spacial score (nSPS) is 21.5. The quantitative estimate of drug-likeness (QED) is 0.742. The van der Waals surface area contributed by atoms with E-state index in [1.807, 2.05) is 0 Å². The predicted molar refractivity (Wildman–Crippen MR) is 59.5 cm³/mol. The van der Waals surface area contributed by atoms with E-state index in [-0.39, 0.29) is 11.1 Å². The third-order valence-corrected chi connectivity index (χ3v) is 4.13. The summed E-state index contributed by atoms with van der Waals surface area (Å²) in [4.78, 5) is 4.02. The lowest BCUT2D eigenvalue weighted by molar-refractivity contribution is 0.557. The van der Waals surface area contributed by atoms with Crippen molar-refractivity contribution in [1.29, 1.82) is 0 Å². The van der Waals surface area contributed by atoms with Crippen LogP contribution in [0.5, 0.6) is 0 Å². The molecule has 1 aliphatic heterocycles. The van der Waals surface area contributed by atoms with Crippen molar-refractivity contribution in [2.24, 2.45) is 7.05 Å². The van der Waals surface area contributed by atoms with Crippen molar-refractivity contribution in [3.63, 3.8) is 0 Å². The maximum atomic E-state index is 11.9. The first kappa shape index (κ1) is 11.6. The molecular formula is C9H16N4O2S. The van der Waals surface area contributed by atoms with Crippen LogP contribution in [0.2, 0.25) is 0 Å². The van der Waals surface area contributed by atoms with Crippen molar-refractivity contribution in [1.82, 2.24) is 19.6 Å². The minimum absolute atomic E-state index is 0.0210. The molecule has 2 rings (SSSR count). The van der Waals surface area contributed by atoms with Crippen molar-refractivity contribution >= 4 is 10.0 Å². The summed E-state index contributed by atoms with van der Waals surface area (Å²) in [5.74, 6) is 0.685. The van der Waals surface area contributed by atoms with Crippen LogP contribution in [0.25, 0.3) is 0 Å². The van der Waals surface area contributed by atoms with E-state index in [1.54, 1.807) is 18.5 Å². The Morgan fingerprint density at radius 2 is 2.38 bits per heavy atom. The van der Waals surface area contributed by atoms with E-state index < -0.39 is 10.0 Å². The largest absolute Gasteiger partial charge is 0.337 e. The van der Waals surface area contributed by atoms with Gasteiger partial charge in [0.15, 0.2) is 5.03 Å². The Hall–Kier alpha value is -0.920. The van der Waals surface area contributed by atoms with E-state index in [2.05, 4.69) is 15.0 Å². The maximum Gasteiger partial charge on any atom is 0.259 e. The zero-order valence-corrected chi connectivity index (χ0v) is 10.2. The number of hydrogen-bond donors (Lipinski definition) is 2. The van der Waals surface area contributed by atoms with Crippen LogP contribution in [0.15, 0.2) is 11.2 Å². The van der Waals surface area contributed by atoms with Gasteiger partial charge < -0.3 is 9.88 Å². The van der Waals surface area contributed by atoms with Crippen LogP contribution < -0.4 is 10.0 Å². The molecule has 1 saturated heterocycles. The first-order valence-corrected chi connectivity index (χ1v) is 6.70. The molecule has 1 aromatic rings. The Kier molecular flexibility index (Phi) is 3.00. The molecule has 16 heavy (non-hydrogen) atoms. The van der Waals surface area contributed by atoms with Crippen molar-refractivity contribution in [3.05, 3.63) is 12.0 Å². The van der Waals surface area contributed by atoms with Gasteiger partial charge in [0.1, 0.15) is 5.82 Å². The molecule has 0 radical (unpaired) electrons. The minimum atomic E-state index is -3.47. The lowest BCUT2D eigenvalue weighted by atomic mass is 10.3. The van der Waals surface area contributed by atoms with Crippen LogP contribution in [0, 0.1) is 6.92 Å². The molecule has 1 unspecified atom stereocenters. The van der Waals surface area contributed by atoms with Gasteiger partial charge in [0.2, 0.25) is 0 Å². The maximum absolute atomic E-state index is 11.9. The second-order valence-corrected chi connectivity index (χ2v) is 5.71. The van der Waals surface area contributed by atoms with Crippen LogP contribution in [-0.2, 0) is 17.1 Å². The topological polar surface area (TPSA) is 76.0 Å². The fourth-order valence-corrected chi connectivity index (χ4v) is 3.00. The van der Waals surface area contributed by atoms with Gasteiger partial charge in [-0.05, 0) is 19.9 Å². The summed E-state index contributed by atoms with van der Waals surface area (Å²) in [5.41, 5.74) is 0. The molecule has 1 aromatic heterocycles. The van der Waals surface area contributed by atoms with Crippen LogP contribution in [0.4, 0.5) is 0 Å². The molecule has 90 valence electrons. The van der Waals surface area contributed by atoms with E-state index in [0.29, 0.717) is 12.4 Å². The van der Waals surface area contributed by atoms with Crippen molar-refractivity contribution in [2.75, 3.05) is 13.1 Å². The third kappa shape index (κ3) is 2.26. The fraction of sp³-hybridized carbons (Fsp3) is 0.667. The molecule has 2 N–H and O–H groups in total. The highest BCUT2D eigenvalue weighted by molar-refractivity contribution is 7.89. The highest BCUT2D eigenvalue weighted by Gasteiger charge is 2.24. The first-order valence-electron chi connectivity index (χ1n) is 5.22. The van der Waals surface area contributed by atoms with Gasteiger partial charge >= 0.3 is 0 Å². The van der Waals surface area contributed by atoms with Crippen LogP contribution in [-0.4, -0.2) is 37.1 Å². The van der Waals surface area contributed by atoms with Crippen molar-refractivity contribution in [3.8, 4) is 0 Å². The Balaban J connectivity index is 2.18. The summed E-state index contributed by atoms with van der Waals surface area (Å²) in [6.07, 6.45) is 2.35. The second kappa shape index (κ2) is 4.15. The van der Waals surface area contributed by atoms with Gasteiger partial charge in [0.25, 0.3) is 10.0 Å². The van der Waals surface area contributed by atoms with E-state index >= 15 is 0 Å². The number of sulfonamides is 1. The van der Waals surface area contributed by atoms with Gasteiger partial charge in [-0.15, -0.1) is 0 Å². The molecule has 2 heterocycles. The Morgan fingerprint density at radius 1 is 1.62 bits per heavy atom. The molecule has 0 aliphatic carbocycles. The van der Waals surface area contributed by atoms with E-state index in [4.69, 9.17) is 0 Å².